The predicted molar refractivity (Wildman–Crippen MR) is 124 cm³/mol. The minimum atomic E-state index is -0.193. The molecule has 1 aliphatic heterocycles. The van der Waals surface area contributed by atoms with Crippen LogP contribution >= 0.6 is 24.0 Å². The molecule has 0 bridgehead atoms. The van der Waals surface area contributed by atoms with Crippen molar-refractivity contribution >= 4 is 51.1 Å². The number of hydrogen-bond acceptors (Lipinski definition) is 6. The number of carbonyl (C=O) groups excluding carboxylic acids is 1. The van der Waals surface area contributed by atoms with Crippen LogP contribution in [-0.4, -0.2) is 24.4 Å². The molecule has 0 spiro atoms. The number of amides is 1. The lowest BCUT2D eigenvalue weighted by Gasteiger charge is -2.14. The van der Waals surface area contributed by atoms with Crippen molar-refractivity contribution in [1.82, 2.24) is 5.32 Å². The van der Waals surface area contributed by atoms with Crippen LogP contribution in [0.4, 0.5) is 0 Å². The predicted octanol–water partition coefficient (Wildman–Crippen LogP) is 4.92. The van der Waals surface area contributed by atoms with Gasteiger partial charge in [0.25, 0.3) is 5.91 Å². The number of ether oxygens (including phenoxy) is 3. The summed E-state index contributed by atoms with van der Waals surface area (Å²) in [4.78, 5) is 12.7. The lowest BCUT2D eigenvalue weighted by atomic mass is 10.0. The van der Waals surface area contributed by atoms with E-state index in [2.05, 4.69) is 5.32 Å². The van der Waals surface area contributed by atoms with Crippen LogP contribution in [0.1, 0.15) is 11.1 Å². The van der Waals surface area contributed by atoms with Gasteiger partial charge in [0, 0.05) is 11.6 Å². The molecule has 0 atom stereocenters. The summed E-state index contributed by atoms with van der Waals surface area (Å²) < 4.78 is 17.3. The lowest BCUT2D eigenvalue weighted by molar-refractivity contribution is -0.115. The molecule has 4 rings (SSSR count). The summed E-state index contributed by atoms with van der Waals surface area (Å²) in [6.07, 6.45) is 1.84. The van der Waals surface area contributed by atoms with Gasteiger partial charge in [0.2, 0.25) is 0 Å². The number of rotatable bonds is 6. The molecule has 1 N–H and O–H groups in total. The summed E-state index contributed by atoms with van der Waals surface area (Å²) >= 11 is 6.37. The van der Waals surface area contributed by atoms with Crippen molar-refractivity contribution < 1.29 is 19.0 Å². The number of nitrogens with one attached hydrogen (secondary N) is 1. The summed E-state index contributed by atoms with van der Waals surface area (Å²) in [5.74, 6) is 1.87. The molecule has 7 heteroatoms. The highest BCUT2D eigenvalue weighted by molar-refractivity contribution is 8.26. The molecule has 152 valence electrons. The smallest absolute Gasteiger partial charge is 0.263 e. The van der Waals surface area contributed by atoms with E-state index in [1.54, 1.807) is 14.2 Å². The van der Waals surface area contributed by atoms with E-state index in [1.807, 2.05) is 60.7 Å². The molecule has 0 unspecified atom stereocenters. The van der Waals surface area contributed by atoms with Crippen LogP contribution < -0.4 is 19.5 Å². The normalized spacial score (nSPS) is 14.8. The van der Waals surface area contributed by atoms with Crippen LogP contribution in [0.5, 0.6) is 17.2 Å². The Hall–Kier alpha value is -3.03. The summed E-state index contributed by atoms with van der Waals surface area (Å²) in [5, 5.41) is 4.71. The minimum absolute atomic E-state index is 0.193. The van der Waals surface area contributed by atoms with Crippen molar-refractivity contribution in [2.45, 2.75) is 6.61 Å². The molecule has 3 aromatic rings. The number of hydrogen-bond donors (Lipinski definition) is 1. The van der Waals surface area contributed by atoms with E-state index < -0.39 is 0 Å². The Morgan fingerprint density at radius 1 is 1.03 bits per heavy atom. The maximum absolute atomic E-state index is 12.2. The number of methoxy groups -OCH3 is 2. The second kappa shape index (κ2) is 8.77. The number of benzene rings is 3. The van der Waals surface area contributed by atoms with Gasteiger partial charge in [-0.1, -0.05) is 54.3 Å². The third-order valence-corrected chi connectivity index (χ3v) is 5.82. The average molecular weight is 438 g/mol. The zero-order valence-corrected chi connectivity index (χ0v) is 18.1. The number of thioether (sulfide) groups is 1. The van der Waals surface area contributed by atoms with E-state index in [9.17, 15) is 4.79 Å². The van der Waals surface area contributed by atoms with Crippen LogP contribution in [0.25, 0.3) is 16.8 Å². The Bertz CT molecular complexity index is 1150. The molecule has 5 nitrogen and oxygen atoms in total. The first-order valence-corrected chi connectivity index (χ1v) is 10.4. The Balaban J connectivity index is 1.72. The van der Waals surface area contributed by atoms with E-state index in [1.165, 1.54) is 11.8 Å². The van der Waals surface area contributed by atoms with Crippen molar-refractivity contribution in [3.8, 4) is 17.2 Å². The minimum Gasteiger partial charge on any atom is -0.497 e. The van der Waals surface area contributed by atoms with Gasteiger partial charge >= 0.3 is 0 Å². The van der Waals surface area contributed by atoms with Gasteiger partial charge in [-0.15, -0.1) is 0 Å². The molecular weight excluding hydrogens is 418 g/mol. The summed E-state index contributed by atoms with van der Waals surface area (Å²) in [6, 6.07) is 17.5. The van der Waals surface area contributed by atoms with E-state index in [4.69, 9.17) is 26.4 Å². The fourth-order valence-corrected chi connectivity index (χ4v) is 4.24. The van der Waals surface area contributed by atoms with Gasteiger partial charge in [-0.3, -0.25) is 4.79 Å². The third-order valence-electron chi connectivity index (χ3n) is 4.65. The van der Waals surface area contributed by atoms with Crippen LogP contribution in [-0.2, 0) is 11.4 Å². The fourth-order valence-electron chi connectivity index (χ4n) is 3.21. The van der Waals surface area contributed by atoms with Crippen molar-refractivity contribution in [3.05, 3.63) is 70.6 Å². The average Bonchev–Trinajstić information content (AvgIpc) is 3.09. The van der Waals surface area contributed by atoms with E-state index in [0.717, 1.165) is 21.9 Å². The molecule has 0 saturated carbocycles. The van der Waals surface area contributed by atoms with Crippen LogP contribution in [0, 0.1) is 0 Å². The van der Waals surface area contributed by atoms with Crippen LogP contribution in [0.2, 0.25) is 0 Å². The largest absolute Gasteiger partial charge is 0.497 e. The maximum atomic E-state index is 12.2. The van der Waals surface area contributed by atoms with Gasteiger partial charge in [-0.25, -0.2) is 0 Å². The van der Waals surface area contributed by atoms with E-state index in [0.29, 0.717) is 33.1 Å². The van der Waals surface area contributed by atoms with Crippen molar-refractivity contribution in [1.29, 1.82) is 0 Å². The van der Waals surface area contributed by atoms with Gasteiger partial charge in [0.05, 0.1) is 19.1 Å². The van der Waals surface area contributed by atoms with Crippen LogP contribution in [0.3, 0.4) is 0 Å². The second-order valence-corrected chi connectivity index (χ2v) is 8.28. The van der Waals surface area contributed by atoms with Gasteiger partial charge in [0.15, 0.2) is 0 Å². The van der Waals surface area contributed by atoms with Crippen LogP contribution in [0.15, 0.2) is 59.5 Å². The Morgan fingerprint density at radius 2 is 1.77 bits per heavy atom. The SMILES string of the molecule is COc1cc(COc2ccc3ccccc3c2C=C2SC(=S)NC2=O)cc(OC)c1. The van der Waals surface area contributed by atoms with Crippen molar-refractivity contribution in [2.24, 2.45) is 0 Å². The number of carbonyl (C=O) groups is 1. The first-order chi connectivity index (χ1) is 14.6. The molecule has 0 radical (unpaired) electrons. The monoisotopic (exact) mass is 437 g/mol. The summed E-state index contributed by atoms with van der Waals surface area (Å²) in [7, 11) is 3.23. The van der Waals surface area contributed by atoms with Crippen molar-refractivity contribution in [3.63, 3.8) is 0 Å². The zero-order chi connectivity index (χ0) is 21.1. The molecule has 1 aliphatic rings. The summed E-state index contributed by atoms with van der Waals surface area (Å²) in [5.41, 5.74) is 1.75. The Labute approximate surface area is 184 Å². The molecule has 1 amide bonds. The van der Waals surface area contributed by atoms with Gasteiger partial charge in [0.1, 0.15) is 28.2 Å². The maximum Gasteiger partial charge on any atom is 0.263 e. The Kier molecular flexibility index (Phi) is 5.92. The molecular formula is C23H19NO4S2. The molecule has 3 aromatic carbocycles. The third kappa shape index (κ3) is 4.27. The summed E-state index contributed by atoms with van der Waals surface area (Å²) in [6.45, 7) is 0.319. The van der Waals surface area contributed by atoms with E-state index >= 15 is 0 Å². The fraction of sp³-hybridized carbons (Fsp3) is 0.130. The molecule has 30 heavy (non-hydrogen) atoms. The van der Waals surface area contributed by atoms with Gasteiger partial charge in [-0.05, 0) is 40.6 Å². The van der Waals surface area contributed by atoms with Gasteiger partial charge < -0.3 is 19.5 Å². The number of fused-ring (bicyclic) bond motifs is 1. The quantitative estimate of drug-likeness (QED) is 0.436. The molecule has 0 aliphatic carbocycles. The highest BCUT2D eigenvalue weighted by Crippen LogP contribution is 2.35. The molecule has 1 saturated heterocycles. The molecule has 1 fully saturated rings. The lowest BCUT2D eigenvalue weighted by Crippen LogP contribution is -2.17. The zero-order valence-electron chi connectivity index (χ0n) is 16.4. The first-order valence-electron chi connectivity index (χ1n) is 9.19. The highest BCUT2D eigenvalue weighted by atomic mass is 32.2. The van der Waals surface area contributed by atoms with Crippen molar-refractivity contribution in [2.75, 3.05) is 14.2 Å². The second-order valence-electron chi connectivity index (χ2n) is 6.56. The highest BCUT2D eigenvalue weighted by Gasteiger charge is 2.23. The van der Waals surface area contributed by atoms with E-state index in [-0.39, 0.29) is 5.91 Å². The molecule has 1 heterocycles. The topological polar surface area (TPSA) is 56.8 Å². The Morgan fingerprint density at radius 3 is 2.43 bits per heavy atom. The molecule has 0 aromatic heterocycles. The first kappa shape index (κ1) is 20.3. The van der Waals surface area contributed by atoms with Gasteiger partial charge in [-0.2, -0.15) is 0 Å². The standard InChI is InChI=1S/C23H19NO4S2/c1-26-16-9-14(10-17(11-16)27-2)13-28-20-8-7-15-5-3-4-6-18(15)19(20)12-21-22(25)24-23(29)30-21/h3-12H,13H2,1-2H3,(H,24,25,29). The number of thiocarbonyl (C=S) groups is 1.